The highest BCUT2D eigenvalue weighted by molar-refractivity contribution is 7.99. The molecule has 1 heterocycles. The minimum Gasteiger partial charge on any atom is -0.308 e. The fraction of sp³-hybridized carbons (Fsp3) is 0.286. The van der Waals surface area contributed by atoms with Gasteiger partial charge in [0.15, 0.2) is 0 Å². The van der Waals surface area contributed by atoms with Crippen molar-refractivity contribution in [2.24, 2.45) is 5.84 Å². The van der Waals surface area contributed by atoms with Gasteiger partial charge in [0.1, 0.15) is 16.7 Å². The average molecular weight is 274 g/mol. The lowest BCUT2D eigenvalue weighted by Crippen LogP contribution is -2.13. The summed E-state index contributed by atoms with van der Waals surface area (Å²) < 4.78 is 0. The molecule has 2 rings (SSSR count). The highest BCUT2D eigenvalue weighted by Gasteiger charge is 2.10. The summed E-state index contributed by atoms with van der Waals surface area (Å²) in [6, 6.07) is 8.40. The number of nitrogens with two attached hydrogens (primary N) is 1. The molecule has 4 nitrogen and oxygen atoms in total. The molecule has 0 fully saturated rings. The number of hydrogen-bond donors (Lipinski definition) is 2. The molecule has 0 saturated heterocycles. The van der Waals surface area contributed by atoms with E-state index in [-0.39, 0.29) is 0 Å². The number of benzene rings is 1. The zero-order valence-electron chi connectivity index (χ0n) is 11.4. The number of aryl methyl sites for hydroxylation is 2. The quantitative estimate of drug-likeness (QED) is 0.509. The SMILES string of the molecule is CCc1nc(NN)c(C)c(Sc2ccc(C)cc2)n1. The van der Waals surface area contributed by atoms with Gasteiger partial charge in [-0.2, -0.15) is 0 Å². The monoisotopic (exact) mass is 274 g/mol. The Morgan fingerprint density at radius 2 is 1.84 bits per heavy atom. The van der Waals surface area contributed by atoms with Gasteiger partial charge in [-0.25, -0.2) is 15.8 Å². The molecule has 5 heteroatoms. The van der Waals surface area contributed by atoms with Gasteiger partial charge in [-0.05, 0) is 26.0 Å². The van der Waals surface area contributed by atoms with Crippen molar-refractivity contribution < 1.29 is 0 Å². The standard InChI is InChI=1S/C14H18N4S/c1-4-12-16-13(18-15)10(3)14(17-12)19-11-7-5-9(2)6-8-11/h5-8H,4,15H2,1-3H3,(H,16,17,18). The molecule has 0 aliphatic heterocycles. The molecule has 2 aromatic rings. The fourth-order valence-electron chi connectivity index (χ4n) is 1.66. The second-order valence-corrected chi connectivity index (χ2v) is 5.39. The molecule has 3 N–H and O–H groups in total. The summed E-state index contributed by atoms with van der Waals surface area (Å²) in [7, 11) is 0. The van der Waals surface area contributed by atoms with Crippen LogP contribution in [-0.2, 0) is 6.42 Å². The second kappa shape index (κ2) is 6.04. The van der Waals surface area contributed by atoms with Crippen LogP contribution >= 0.6 is 11.8 Å². The van der Waals surface area contributed by atoms with E-state index in [1.54, 1.807) is 11.8 Å². The van der Waals surface area contributed by atoms with E-state index in [0.29, 0.717) is 5.82 Å². The lowest BCUT2D eigenvalue weighted by Gasteiger charge is -2.11. The molecule has 0 saturated carbocycles. The molecular weight excluding hydrogens is 256 g/mol. The van der Waals surface area contributed by atoms with E-state index in [1.807, 2.05) is 13.8 Å². The third-order valence-electron chi connectivity index (χ3n) is 2.84. The topological polar surface area (TPSA) is 63.8 Å². The van der Waals surface area contributed by atoms with E-state index in [0.717, 1.165) is 27.7 Å². The zero-order chi connectivity index (χ0) is 13.8. The lowest BCUT2D eigenvalue weighted by molar-refractivity contribution is 0.871. The molecule has 0 amide bonds. The summed E-state index contributed by atoms with van der Waals surface area (Å²) in [6.45, 7) is 6.09. The van der Waals surface area contributed by atoms with E-state index in [4.69, 9.17) is 5.84 Å². The van der Waals surface area contributed by atoms with Crippen LogP contribution < -0.4 is 11.3 Å². The first-order valence-corrected chi connectivity index (χ1v) is 7.04. The van der Waals surface area contributed by atoms with Crippen LogP contribution in [0.2, 0.25) is 0 Å². The lowest BCUT2D eigenvalue weighted by atomic mass is 10.2. The minimum atomic E-state index is 0.696. The van der Waals surface area contributed by atoms with Crippen LogP contribution in [0.3, 0.4) is 0 Å². The normalized spacial score (nSPS) is 10.5. The van der Waals surface area contributed by atoms with Crippen LogP contribution in [-0.4, -0.2) is 9.97 Å². The summed E-state index contributed by atoms with van der Waals surface area (Å²) in [5, 5.41) is 0.948. The third kappa shape index (κ3) is 3.24. The van der Waals surface area contributed by atoms with Crippen molar-refractivity contribution >= 4 is 17.6 Å². The molecule has 1 aromatic heterocycles. The van der Waals surface area contributed by atoms with Crippen LogP contribution in [0.25, 0.3) is 0 Å². The summed E-state index contributed by atoms with van der Waals surface area (Å²) in [5.41, 5.74) is 4.87. The van der Waals surface area contributed by atoms with E-state index >= 15 is 0 Å². The number of aromatic nitrogens is 2. The van der Waals surface area contributed by atoms with Crippen molar-refractivity contribution in [3.8, 4) is 0 Å². The molecule has 0 unspecified atom stereocenters. The first kappa shape index (κ1) is 13.8. The van der Waals surface area contributed by atoms with Gasteiger partial charge >= 0.3 is 0 Å². The molecule has 1 aromatic carbocycles. The van der Waals surface area contributed by atoms with Crippen LogP contribution in [0.1, 0.15) is 23.9 Å². The van der Waals surface area contributed by atoms with Crippen LogP contribution in [0.4, 0.5) is 5.82 Å². The molecule has 0 aliphatic rings. The molecule has 0 bridgehead atoms. The van der Waals surface area contributed by atoms with Crippen LogP contribution in [0.15, 0.2) is 34.2 Å². The van der Waals surface area contributed by atoms with Gasteiger partial charge in [-0.15, -0.1) is 0 Å². The molecule has 0 radical (unpaired) electrons. The predicted molar refractivity (Wildman–Crippen MR) is 79.3 cm³/mol. The van der Waals surface area contributed by atoms with Gasteiger partial charge in [0.25, 0.3) is 0 Å². The summed E-state index contributed by atoms with van der Waals surface area (Å²) in [4.78, 5) is 10.1. The molecule has 19 heavy (non-hydrogen) atoms. The van der Waals surface area contributed by atoms with Gasteiger partial charge in [0.2, 0.25) is 0 Å². The van der Waals surface area contributed by atoms with E-state index in [9.17, 15) is 0 Å². The summed E-state index contributed by atoms with van der Waals surface area (Å²) in [6.07, 6.45) is 0.788. The average Bonchev–Trinajstić information content (AvgIpc) is 2.43. The smallest absolute Gasteiger partial charge is 0.147 e. The number of nitrogens with zero attached hydrogens (tertiary/aromatic N) is 2. The Morgan fingerprint density at radius 1 is 1.16 bits per heavy atom. The first-order valence-electron chi connectivity index (χ1n) is 6.22. The maximum atomic E-state index is 5.51. The number of nitrogen functional groups attached to an aromatic ring is 1. The largest absolute Gasteiger partial charge is 0.308 e. The molecule has 0 atom stereocenters. The van der Waals surface area contributed by atoms with Gasteiger partial charge in [0, 0.05) is 16.9 Å². The highest BCUT2D eigenvalue weighted by Crippen LogP contribution is 2.31. The Morgan fingerprint density at radius 3 is 2.42 bits per heavy atom. The predicted octanol–water partition coefficient (Wildman–Crippen LogP) is 3.09. The maximum absolute atomic E-state index is 5.51. The third-order valence-corrected chi connectivity index (χ3v) is 3.93. The van der Waals surface area contributed by atoms with Gasteiger partial charge in [-0.3, -0.25) is 0 Å². The van der Waals surface area contributed by atoms with E-state index in [1.165, 1.54) is 5.56 Å². The van der Waals surface area contributed by atoms with Crippen LogP contribution in [0.5, 0.6) is 0 Å². The minimum absolute atomic E-state index is 0.696. The maximum Gasteiger partial charge on any atom is 0.147 e. The van der Waals surface area contributed by atoms with Gasteiger partial charge in [0.05, 0.1) is 0 Å². The first-order chi connectivity index (χ1) is 9.13. The van der Waals surface area contributed by atoms with Gasteiger partial charge < -0.3 is 5.43 Å². The summed E-state index contributed by atoms with van der Waals surface area (Å²) in [5.74, 6) is 7.00. The molecule has 0 spiro atoms. The van der Waals surface area contributed by atoms with Crippen LogP contribution in [0, 0.1) is 13.8 Å². The molecule has 100 valence electrons. The van der Waals surface area contributed by atoms with Crippen molar-refractivity contribution in [2.75, 3.05) is 5.43 Å². The van der Waals surface area contributed by atoms with E-state index < -0.39 is 0 Å². The highest BCUT2D eigenvalue weighted by atomic mass is 32.2. The Kier molecular flexibility index (Phi) is 4.39. The number of nitrogens with one attached hydrogen (secondary N) is 1. The Bertz CT molecular complexity index is 566. The Labute approximate surface area is 117 Å². The van der Waals surface area contributed by atoms with Crippen molar-refractivity contribution in [3.05, 3.63) is 41.2 Å². The number of hydrogen-bond acceptors (Lipinski definition) is 5. The van der Waals surface area contributed by atoms with Crippen molar-refractivity contribution in [1.82, 2.24) is 9.97 Å². The second-order valence-electron chi connectivity index (χ2n) is 4.33. The van der Waals surface area contributed by atoms with Crippen molar-refractivity contribution in [1.29, 1.82) is 0 Å². The molecular formula is C14H18N4S. The zero-order valence-corrected chi connectivity index (χ0v) is 12.2. The van der Waals surface area contributed by atoms with Gasteiger partial charge in [-0.1, -0.05) is 36.4 Å². The Balaban J connectivity index is 2.35. The number of hydrazine groups is 1. The number of anilines is 1. The molecule has 0 aliphatic carbocycles. The van der Waals surface area contributed by atoms with Crippen molar-refractivity contribution in [3.63, 3.8) is 0 Å². The fourth-order valence-corrected chi connectivity index (χ4v) is 2.55. The summed E-state index contributed by atoms with van der Waals surface area (Å²) >= 11 is 1.64. The van der Waals surface area contributed by atoms with E-state index in [2.05, 4.69) is 46.6 Å². The van der Waals surface area contributed by atoms with Crippen molar-refractivity contribution in [2.45, 2.75) is 37.1 Å². The Hall–Kier alpha value is -1.59. The number of rotatable bonds is 4.